The fourth-order valence-electron chi connectivity index (χ4n) is 2.23. The van der Waals surface area contributed by atoms with Gasteiger partial charge in [-0.25, -0.2) is 9.48 Å². The van der Waals surface area contributed by atoms with Crippen molar-refractivity contribution in [3.05, 3.63) is 28.6 Å². The molecule has 2 aromatic heterocycles. The van der Waals surface area contributed by atoms with Crippen molar-refractivity contribution in [2.24, 2.45) is 7.05 Å². The summed E-state index contributed by atoms with van der Waals surface area (Å²) >= 11 is 0. The summed E-state index contributed by atoms with van der Waals surface area (Å²) in [5, 5.41) is 21.6. The van der Waals surface area contributed by atoms with E-state index in [1.54, 1.807) is 13.1 Å². The van der Waals surface area contributed by atoms with Crippen molar-refractivity contribution >= 4 is 5.97 Å². The average molecular weight is 290 g/mol. The van der Waals surface area contributed by atoms with Gasteiger partial charge < -0.3 is 9.84 Å². The van der Waals surface area contributed by atoms with E-state index in [-0.39, 0.29) is 11.4 Å². The first-order valence-corrected chi connectivity index (χ1v) is 6.78. The van der Waals surface area contributed by atoms with Crippen LogP contribution in [0.1, 0.15) is 41.2 Å². The molecule has 112 valence electrons. The summed E-state index contributed by atoms with van der Waals surface area (Å²) in [4.78, 5) is 11.6. The zero-order valence-corrected chi connectivity index (χ0v) is 12.5. The highest BCUT2D eigenvalue weighted by molar-refractivity contribution is 5.92. The Balaban J connectivity index is 2.53. The van der Waals surface area contributed by atoms with Crippen LogP contribution in [0.2, 0.25) is 0 Å². The van der Waals surface area contributed by atoms with Crippen LogP contribution >= 0.6 is 0 Å². The fraction of sp³-hybridized carbons (Fsp3) is 0.429. The lowest BCUT2D eigenvalue weighted by molar-refractivity contribution is 0.0691. The van der Waals surface area contributed by atoms with Gasteiger partial charge in [0.2, 0.25) is 5.88 Å². The molecule has 21 heavy (non-hydrogen) atoms. The van der Waals surface area contributed by atoms with Crippen LogP contribution in [0.3, 0.4) is 0 Å². The molecule has 2 heterocycles. The van der Waals surface area contributed by atoms with Gasteiger partial charge in [0.25, 0.3) is 5.88 Å². The molecular weight excluding hydrogens is 272 g/mol. The van der Waals surface area contributed by atoms with E-state index in [1.165, 1.54) is 4.68 Å². The first kappa shape index (κ1) is 15.0. The lowest BCUT2D eigenvalue weighted by Crippen LogP contribution is -2.12. The number of ether oxygens (including phenoxy) is 1. The van der Waals surface area contributed by atoms with Gasteiger partial charge in [0.05, 0.1) is 11.4 Å². The largest absolute Gasteiger partial charge is 0.477 e. The van der Waals surface area contributed by atoms with E-state index < -0.39 is 5.97 Å². The van der Waals surface area contributed by atoms with Crippen LogP contribution in [0, 0.1) is 6.92 Å². The summed E-state index contributed by atoms with van der Waals surface area (Å²) in [6.07, 6.45) is 1.18. The van der Waals surface area contributed by atoms with Gasteiger partial charge in [0.1, 0.15) is 5.56 Å². The van der Waals surface area contributed by atoms with Crippen LogP contribution in [0.25, 0.3) is 0 Å². The predicted octanol–water partition coefficient (Wildman–Crippen LogP) is 2.13. The van der Waals surface area contributed by atoms with Gasteiger partial charge in [-0.2, -0.15) is 10.2 Å². The highest BCUT2D eigenvalue weighted by Gasteiger charge is 2.22. The fourth-order valence-corrected chi connectivity index (χ4v) is 2.23. The number of hydrogen-bond acceptors (Lipinski definition) is 5. The van der Waals surface area contributed by atoms with Crippen LogP contribution in [0.5, 0.6) is 11.8 Å². The standard InChI is InChI=1S/C14H18N4O3/c1-5-9-10(6-2)15-16-13(12(9)14(19)20)21-11-7-8(3)17-18(11)4/h7H,5-6H2,1-4H3,(H,19,20). The molecule has 7 nitrogen and oxygen atoms in total. The quantitative estimate of drug-likeness (QED) is 0.907. The molecule has 0 aliphatic carbocycles. The van der Waals surface area contributed by atoms with E-state index >= 15 is 0 Å². The second kappa shape index (κ2) is 5.90. The Morgan fingerprint density at radius 3 is 2.52 bits per heavy atom. The van der Waals surface area contributed by atoms with Crippen molar-refractivity contribution in [1.29, 1.82) is 0 Å². The van der Waals surface area contributed by atoms with E-state index in [4.69, 9.17) is 4.74 Å². The van der Waals surface area contributed by atoms with Gasteiger partial charge in [-0.15, -0.1) is 5.10 Å². The number of carboxylic acids is 1. The second-order valence-electron chi connectivity index (χ2n) is 4.67. The Kier molecular flexibility index (Phi) is 4.21. The van der Waals surface area contributed by atoms with E-state index in [0.29, 0.717) is 30.0 Å². The number of carboxylic acid groups (broad SMARTS) is 1. The molecule has 0 unspecified atom stereocenters. The molecule has 0 radical (unpaired) electrons. The van der Waals surface area contributed by atoms with Gasteiger partial charge in [-0.05, 0) is 25.3 Å². The molecule has 2 rings (SSSR count). The predicted molar refractivity (Wildman–Crippen MR) is 75.8 cm³/mol. The number of aromatic carboxylic acids is 1. The van der Waals surface area contributed by atoms with Crippen molar-refractivity contribution in [3.8, 4) is 11.8 Å². The maximum atomic E-state index is 11.6. The van der Waals surface area contributed by atoms with Crippen LogP contribution in [-0.4, -0.2) is 31.1 Å². The topological polar surface area (TPSA) is 90.1 Å². The highest BCUT2D eigenvalue weighted by Crippen LogP contribution is 2.27. The van der Waals surface area contributed by atoms with E-state index in [1.807, 2.05) is 20.8 Å². The van der Waals surface area contributed by atoms with Crippen molar-refractivity contribution in [2.75, 3.05) is 0 Å². The zero-order chi connectivity index (χ0) is 15.6. The van der Waals surface area contributed by atoms with Gasteiger partial charge in [-0.1, -0.05) is 13.8 Å². The Morgan fingerprint density at radius 2 is 2.05 bits per heavy atom. The lowest BCUT2D eigenvalue weighted by Gasteiger charge is -2.12. The molecule has 1 N–H and O–H groups in total. The smallest absolute Gasteiger partial charge is 0.341 e. The molecule has 0 fully saturated rings. The van der Waals surface area contributed by atoms with Crippen LogP contribution < -0.4 is 4.74 Å². The summed E-state index contributed by atoms with van der Waals surface area (Å²) in [5.41, 5.74) is 2.19. The molecule has 0 atom stereocenters. The second-order valence-corrected chi connectivity index (χ2v) is 4.67. The molecule has 0 spiro atoms. The van der Waals surface area contributed by atoms with Crippen LogP contribution in [-0.2, 0) is 19.9 Å². The summed E-state index contributed by atoms with van der Waals surface area (Å²) in [7, 11) is 1.72. The number of nitrogens with zero attached hydrogens (tertiary/aromatic N) is 4. The number of carbonyl (C=O) groups is 1. The summed E-state index contributed by atoms with van der Waals surface area (Å²) in [6, 6.07) is 1.71. The minimum absolute atomic E-state index is 0.000417. The number of aromatic nitrogens is 4. The van der Waals surface area contributed by atoms with E-state index in [0.717, 1.165) is 5.69 Å². The monoisotopic (exact) mass is 290 g/mol. The maximum Gasteiger partial charge on any atom is 0.341 e. The van der Waals surface area contributed by atoms with E-state index in [9.17, 15) is 9.90 Å². The maximum absolute atomic E-state index is 11.6. The van der Waals surface area contributed by atoms with Gasteiger partial charge in [0, 0.05) is 13.1 Å². The lowest BCUT2D eigenvalue weighted by atomic mass is 10.0. The Hall–Kier alpha value is -2.44. The first-order valence-electron chi connectivity index (χ1n) is 6.78. The molecular formula is C14H18N4O3. The minimum atomic E-state index is -1.06. The normalized spacial score (nSPS) is 10.7. The van der Waals surface area contributed by atoms with Gasteiger partial charge in [0.15, 0.2) is 0 Å². The summed E-state index contributed by atoms with van der Waals surface area (Å²) in [6.45, 7) is 5.63. The molecule has 0 amide bonds. The van der Waals surface area contributed by atoms with Gasteiger partial charge in [-0.3, -0.25) is 0 Å². The van der Waals surface area contributed by atoms with E-state index in [2.05, 4.69) is 15.3 Å². The molecule has 0 saturated heterocycles. The van der Waals surface area contributed by atoms with Crippen molar-refractivity contribution in [2.45, 2.75) is 33.6 Å². The van der Waals surface area contributed by atoms with Crippen molar-refractivity contribution in [3.63, 3.8) is 0 Å². The molecule has 7 heteroatoms. The molecule has 0 bridgehead atoms. The SMILES string of the molecule is CCc1nnc(Oc2cc(C)nn2C)c(C(=O)O)c1CC. The Labute approximate surface area is 122 Å². The van der Waals surface area contributed by atoms with Crippen molar-refractivity contribution in [1.82, 2.24) is 20.0 Å². The van der Waals surface area contributed by atoms with Gasteiger partial charge >= 0.3 is 5.97 Å². The van der Waals surface area contributed by atoms with Crippen LogP contribution in [0.15, 0.2) is 6.07 Å². The third-order valence-electron chi connectivity index (χ3n) is 3.19. The Morgan fingerprint density at radius 1 is 1.33 bits per heavy atom. The number of rotatable bonds is 5. The summed E-state index contributed by atoms with van der Waals surface area (Å²) in [5.74, 6) is -0.638. The molecule has 0 aliphatic rings. The summed E-state index contributed by atoms with van der Waals surface area (Å²) < 4.78 is 7.14. The Bertz CT molecular complexity index is 679. The number of aryl methyl sites for hydroxylation is 3. The first-order chi connectivity index (χ1) is 9.97. The zero-order valence-electron chi connectivity index (χ0n) is 12.5. The molecule has 2 aromatic rings. The average Bonchev–Trinajstić information content (AvgIpc) is 2.75. The third kappa shape index (κ3) is 2.86. The molecule has 0 aliphatic heterocycles. The third-order valence-corrected chi connectivity index (χ3v) is 3.19. The number of hydrogen-bond donors (Lipinski definition) is 1. The molecule has 0 saturated carbocycles. The molecule has 0 aromatic carbocycles. The highest BCUT2D eigenvalue weighted by atomic mass is 16.5. The minimum Gasteiger partial charge on any atom is -0.477 e. The van der Waals surface area contributed by atoms with Crippen LogP contribution in [0.4, 0.5) is 0 Å². The van der Waals surface area contributed by atoms with Crippen molar-refractivity contribution < 1.29 is 14.6 Å².